The minimum Gasteiger partial charge on any atom is -0.352 e. The van der Waals surface area contributed by atoms with Gasteiger partial charge in [0.15, 0.2) is 0 Å². The molecule has 30 heavy (non-hydrogen) atoms. The molecule has 1 saturated carbocycles. The molecule has 7 nitrogen and oxygen atoms in total. The zero-order valence-electron chi connectivity index (χ0n) is 16.5. The van der Waals surface area contributed by atoms with Crippen LogP contribution in [0.4, 0.5) is 11.5 Å². The lowest BCUT2D eigenvalue weighted by molar-refractivity contribution is -0.385. The predicted molar refractivity (Wildman–Crippen MR) is 114 cm³/mol. The van der Waals surface area contributed by atoms with E-state index in [-0.39, 0.29) is 17.6 Å². The summed E-state index contributed by atoms with van der Waals surface area (Å²) in [6, 6.07) is 11.6. The predicted octanol–water partition coefficient (Wildman–Crippen LogP) is 3.99. The van der Waals surface area contributed by atoms with E-state index in [0.29, 0.717) is 17.1 Å². The topological polar surface area (TPSA) is 88.4 Å². The molecule has 5 rings (SSSR count). The molecule has 2 bridgehead atoms. The SMILES string of the molecule is O=C(N[C@H]1C[C@H]2CC[C@@H](C1)N2c1ccc([N+](=O)[O-])cn1)C1(c2ccc(Cl)cc2)CC1. The van der Waals surface area contributed by atoms with Gasteiger partial charge in [-0.15, -0.1) is 0 Å². The lowest BCUT2D eigenvalue weighted by Crippen LogP contribution is -2.52. The number of hydrogen-bond acceptors (Lipinski definition) is 5. The van der Waals surface area contributed by atoms with Crippen LogP contribution in [-0.2, 0) is 10.2 Å². The van der Waals surface area contributed by atoms with Gasteiger partial charge in [-0.3, -0.25) is 14.9 Å². The number of aromatic nitrogens is 1. The van der Waals surface area contributed by atoms with Crippen LogP contribution in [-0.4, -0.2) is 33.9 Å². The number of nitrogens with one attached hydrogen (secondary N) is 1. The number of carbonyl (C=O) groups excluding carboxylic acids is 1. The third-order valence-electron chi connectivity index (χ3n) is 6.86. The molecule has 0 unspecified atom stereocenters. The molecule has 2 aromatic rings. The van der Waals surface area contributed by atoms with E-state index in [2.05, 4.69) is 15.2 Å². The van der Waals surface area contributed by atoms with Crippen molar-refractivity contribution in [3.8, 4) is 0 Å². The molecular weight excluding hydrogens is 404 g/mol. The molecule has 8 heteroatoms. The maximum Gasteiger partial charge on any atom is 0.287 e. The zero-order chi connectivity index (χ0) is 20.9. The van der Waals surface area contributed by atoms with Crippen molar-refractivity contribution in [2.24, 2.45) is 0 Å². The first-order valence-electron chi connectivity index (χ1n) is 10.4. The minimum atomic E-state index is -0.429. The average molecular weight is 427 g/mol. The molecule has 2 saturated heterocycles. The molecule has 156 valence electrons. The Morgan fingerprint density at radius 3 is 2.33 bits per heavy atom. The standard InChI is InChI=1S/C22H23ClN4O3/c23-15-3-1-14(2-4-15)22(9-10-22)21(28)25-16-11-17-5-6-18(12-16)26(17)20-8-7-19(13-24-20)27(29)30/h1-4,7-8,13,16-18H,5-6,9-12H2,(H,25,28)/t16-,17+,18-. The molecule has 1 amide bonds. The highest BCUT2D eigenvalue weighted by Gasteiger charge is 2.52. The molecule has 2 aliphatic heterocycles. The summed E-state index contributed by atoms with van der Waals surface area (Å²) in [6.45, 7) is 0. The smallest absolute Gasteiger partial charge is 0.287 e. The molecule has 0 spiro atoms. The summed E-state index contributed by atoms with van der Waals surface area (Å²) in [5, 5.41) is 14.9. The Hall–Kier alpha value is -2.67. The van der Waals surface area contributed by atoms with Crippen LogP contribution in [0.25, 0.3) is 0 Å². The molecule has 3 atom stereocenters. The molecule has 1 aliphatic carbocycles. The number of hydrogen-bond donors (Lipinski definition) is 1. The van der Waals surface area contributed by atoms with Crippen LogP contribution in [0.2, 0.25) is 5.02 Å². The molecule has 3 aliphatic rings. The van der Waals surface area contributed by atoms with Crippen molar-refractivity contribution >= 4 is 29.0 Å². The van der Waals surface area contributed by atoms with Gasteiger partial charge < -0.3 is 10.2 Å². The van der Waals surface area contributed by atoms with E-state index in [1.807, 2.05) is 24.3 Å². The molecule has 3 heterocycles. The van der Waals surface area contributed by atoms with E-state index in [1.54, 1.807) is 6.07 Å². The number of fused-ring (bicyclic) bond motifs is 2. The number of rotatable bonds is 5. The van der Waals surface area contributed by atoms with Crippen molar-refractivity contribution < 1.29 is 9.72 Å². The normalized spacial score (nSPS) is 26.3. The first-order chi connectivity index (χ1) is 14.5. The van der Waals surface area contributed by atoms with Gasteiger partial charge in [0, 0.05) is 29.2 Å². The van der Waals surface area contributed by atoms with Gasteiger partial charge >= 0.3 is 0 Å². The molecule has 1 aromatic heterocycles. The van der Waals surface area contributed by atoms with Gasteiger partial charge in [0.05, 0.1) is 10.3 Å². The lowest BCUT2D eigenvalue weighted by Gasteiger charge is -2.40. The van der Waals surface area contributed by atoms with Crippen molar-refractivity contribution in [3.63, 3.8) is 0 Å². The Labute approximate surface area is 179 Å². The van der Waals surface area contributed by atoms with Gasteiger partial charge in [0.2, 0.25) is 5.91 Å². The molecule has 3 fully saturated rings. The van der Waals surface area contributed by atoms with Crippen molar-refractivity contribution in [1.29, 1.82) is 0 Å². The van der Waals surface area contributed by atoms with Crippen molar-refractivity contribution in [3.05, 3.63) is 63.3 Å². The molecular formula is C22H23ClN4O3. The summed E-state index contributed by atoms with van der Waals surface area (Å²) in [6.07, 6.45) is 6.93. The number of amides is 1. The van der Waals surface area contributed by atoms with Gasteiger partial charge in [0.25, 0.3) is 5.69 Å². The fourth-order valence-corrected chi connectivity index (χ4v) is 5.30. The van der Waals surface area contributed by atoms with Crippen LogP contribution in [0.3, 0.4) is 0 Å². The number of anilines is 1. The Bertz CT molecular complexity index is 961. The van der Waals surface area contributed by atoms with Crippen LogP contribution in [0, 0.1) is 10.1 Å². The van der Waals surface area contributed by atoms with E-state index >= 15 is 0 Å². The fraction of sp³-hybridized carbons (Fsp3) is 0.455. The van der Waals surface area contributed by atoms with Gasteiger partial charge in [-0.05, 0) is 62.3 Å². The monoisotopic (exact) mass is 426 g/mol. The van der Waals surface area contributed by atoms with E-state index in [4.69, 9.17) is 11.6 Å². The van der Waals surface area contributed by atoms with Crippen LogP contribution in [0.1, 0.15) is 44.1 Å². The number of benzene rings is 1. The Morgan fingerprint density at radius 2 is 1.80 bits per heavy atom. The van der Waals surface area contributed by atoms with Crippen LogP contribution in [0.5, 0.6) is 0 Å². The number of halogens is 1. The van der Waals surface area contributed by atoms with E-state index in [0.717, 1.165) is 49.9 Å². The fourth-order valence-electron chi connectivity index (χ4n) is 5.17. The highest BCUT2D eigenvalue weighted by Crippen LogP contribution is 2.49. The van der Waals surface area contributed by atoms with Crippen molar-refractivity contribution in [1.82, 2.24) is 10.3 Å². The highest BCUT2D eigenvalue weighted by molar-refractivity contribution is 6.30. The second-order valence-electron chi connectivity index (χ2n) is 8.65. The maximum absolute atomic E-state index is 13.1. The number of carbonyl (C=O) groups is 1. The van der Waals surface area contributed by atoms with E-state index in [9.17, 15) is 14.9 Å². The first-order valence-corrected chi connectivity index (χ1v) is 10.8. The summed E-state index contributed by atoms with van der Waals surface area (Å²) in [5.74, 6) is 0.911. The average Bonchev–Trinajstić information content (AvgIpc) is 3.50. The summed E-state index contributed by atoms with van der Waals surface area (Å²) in [5.41, 5.74) is 0.644. The van der Waals surface area contributed by atoms with Gasteiger partial charge in [-0.1, -0.05) is 23.7 Å². The summed E-state index contributed by atoms with van der Waals surface area (Å²) < 4.78 is 0. The second-order valence-corrected chi connectivity index (χ2v) is 9.09. The number of piperidine rings is 1. The van der Waals surface area contributed by atoms with Gasteiger partial charge in [-0.25, -0.2) is 4.98 Å². The van der Waals surface area contributed by atoms with Crippen LogP contribution in [0.15, 0.2) is 42.6 Å². The largest absolute Gasteiger partial charge is 0.352 e. The molecule has 0 radical (unpaired) electrons. The highest BCUT2D eigenvalue weighted by atomic mass is 35.5. The lowest BCUT2D eigenvalue weighted by atomic mass is 9.92. The molecule has 1 N–H and O–H groups in total. The van der Waals surface area contributed by atoms with Crippen LogP contribution >= 0.6 is 11.6 Å². The van der Waals surface area contributed by atoms with E-state index < -0.39 is 10.3 Å². The first kappa shape index (κ1) is 19.3. The maximum atomic E-state index is 13.1. The summed E-state index contributed by atoms with van der Waals surface area (Å²) in [4.78, 5) is 30.2. The summed E-state index contributed by atoms with van der Waals surface area (Å²) in [7, 11) is 0. The van der Waals surface area contributed by atoms with E-state index in [1.165, 1.54) is 12.3 Å². The summed E-state index contributed by atoms with van der Waals surface area (Å²) >= 11 is 6.00. The van der Waals surface area contributed by atoms with Gasteiger partial charge in [0.1, 0.15) is 12.0 Å². The molecule has 1 aromatic carbocycles. The quantitative estimate of drug-likeness (QED) is 0.576. The van der Waals surface area contributed by atoms with Crippen LogP contribution < -0.4 is 10.2 Å². The Morgan fingerprint density at radius 1 is 1.13 bits per heavy atom. The minimum absolute atomic E-state index is 0.00479. The van der Waals surface area contributed by atoms with Crippen molar-refractivity contribution in [2.75, 3.05) is 4.90 Å². The Balaban J connectivity index is 1.26. The number of pyridine rings is 1. The third kappa shape index (κ3) is 3.31. The van der Waals surface area contributed by atoms with Crippen molar-refractivity contribution in [2.45, 2.75) is 62.1 Å². The van der Waals surface area contributed by atoms with Gasteiger partial charge in [-0.2, -0.15) is 0 Å². The second kappa shape index (κ2) is 7.23. The zero-order valence-corrected chi connectivity index (χ0v) is 17.2. The Kier molecular flexibility index (Phi) is 4.65. The number of nitro groups is 1. The third-order valence-corrected chi connectivity index (χ3v) is 7.11. The number of nitrogens with zero attached hydrogens (tertiary/aromatic N) is 3.